The van der Waals surface area contributed by atoms with Crippen LogP contribution in [0.25, 0.3) is 0 Å². The molecule has 3 unspecified atom stereocenters. The highest BCUT2D eigenvalue weighted by Crippen LogP contribution is 2.39. The Balaban J connectivity index is 1.50. The van der Waals surface area contributed by atoms with Crippen molar-refractivity contribution in [3.05, 3.63) is 64.7 Å². The lowest BCUT2D eigenvalue weighted by molar-refractivity contribution is -0.136. The van der Waals surface area contributed by atoms with Crippen LogP contribution in [0.2, 0.25) is 5.02 Å². The molecular weight excluding hydrogens is 554 g/mol. The Morgan fingerprint density at radius 3 is 2.71 bits per heavy atom. The van der Waals surface area contributed by atoms with E-state index in [1.54, 1.807) is 0 Å². The van der Waals surface area contributed by atoms with Crippen LogP contribution >= 0.6 is 11.6 Å². The predicted molar refractivity (Wildman–Crippen MR) is 168 cm³/mol. The number of anilines is 1. The molecule has 0 aromatic heterocycles. The average Bonchev–Trinajstić information content (AvgIpc) is 3.11. The molecule has 1 spiro atoms. The van der Waals surface area contributed by atoms with Gasteiger partial charge < -0.3 is 9.64 Å². The maximum atomic E-state index is 13.5. The van der Waals surface area contributed by atoms with Gasteiger partial charge in [0.05, 0.1) is 17.2 Å². The third-order valence-electron chi connectivity index (χ3n) is 9.35. The molecule has 3 aliphatic rings. The number of likely N-dealkylation sites (N-methyl/N-ethyl adjacent to an activating group) is 1. The molecule has 2 bridgehead atoms. The van der Waals surface area contributed by atoms with E-state index in [-0.39, 0.29) is 11.8 Å². The van der Waals surface area contributed by atoms with Gasteiger partial charge >= 0.3 is 0 Å². The molecule has 2 heterocycles. The molecule has 3 atom stereocenters. The van der Waals surface area contributed by atoms with Gasteiger partial charge in [0.1, 0.15) is 11.3 Å². The fourth-order valence-corrected chi connectivity index (χ4v) is 7.58. The Kier molecular flexibility index (Phi) is 9.77. The van der Waals surface area contributed by atoms with Gasteiger partial charge in [0.2, 0.25) is 0 Å². The van der Waals surface area contributed by atoms with Gasteiger partial charge in [-0.2, -0.15) is 0 Å². The number of carbonyl (C=O) groups excluding carboxylic acids is 1. The zero-order valence-electron chi connectivity index (χ0n) is 24.7. The van der Waals surface area contributed by atoms with Crippen LogP contribution in [-0.2, 0) is 22.2 Å². The summed E-state index contributed by atoms with van der Waals surface area (Å²) in [5, 5.41) is 0.767. The SMILES string of the molecule is CCCc1cc(Cl)ccc1C1COc2ccc3cc2N(CCC(CC)C/C=C/CN(C)C2(CCC2)C(=O)NS3=O)C1. The molecule has 41 heavy (non-hydrogen) atoms. The number of aryl methyl sites for hydroxylation is 1. The van der Waals surface area contributed by atoms with Crippen molar-refractivity contribution in [1.82, 2.24) is 9.62 Å². The number of nitrogens with zero attached hydrogens (tertiary/aromatic N) is 2. The van der Waals surface area contributed by atoms with Crippen LogP contribution in [0.4, 0.5) is 5.69 Å². The van der Waals surface area contributed by atoms with E-state index < -0.39 is 16.5 Å². The molecule has 1 amide bonds. The van der Waals surface area contributed by atoms with E-state index in [1.807, 2.05) is 31.3 Å². The maximum absolute atomic E-state index is 13.5. The number of fused-ring (bicyclic) bond motifs is 1. The van der Waals surface area contributed by atoms with Crippen LogP contribution in [0.5, 0.6) is 5.75 Å². The first-order valence-electron chi connectivity index (χ1n) is 15.2. The molecule has 2 aromatic rings. The Morgan fingerprint density at radius 2 is 1.98 bits per heavy atom. The standard InChI is InChI=1S/C33H44ClN3O3S/c1-4-9-25-20-27(34)11-13-29(25)26-22-37-19-15-24(5-2)10-6-7-18-36(3)33(16-8-17-33)32(38)35-41(39)28-12-14-31(40-23-26)30(37)21-28/h6-7,11-14,20-21,24,26H,4-5,8-10,15-19,22-23H2,1-3H3,(H,35,38)/b7-6+. The van der Waals surface area contributed by atoms with Gasteiger partial charge in [-0.3, -0.25) is 14.4 Å². The van der Waals surface area contributed by atoms with Crippen molar-refractivity contribution in [2.75, 3.05) is 38.2 Å². The summed E-state index contributed by atoms with van der Waals surface area (Å²) in [5.74, 6) is 1.38. The summed E-state index contributed by atoms with van der Waals surface area (Å²) in [4.78, 5) is 18.6. The van der Waals surface area contributed by atoms with E-state index in [4.69, 9.17) is 16.3 Å². The Hall–Kier alpha value is -2.35. The van der Waals surface area contributed by atoms with Crippen molar-refractivity contribution in [3.8, 4) is 5.75 Å². The van der Waals surface area contributed by atoms with Crippen molar-refractivity contribution in [2.45, 2.75) is 81.6 Å². The summed E-state index contributed by atoms with van der Waals surface area (Å²) >= 11 is 6.40. The van der Waals surface area contributed by atoms with Crippen LogP contribution in [0.15, 0.2) is 53.4 Å². The van der Waals surface area contributed by atoms with E-state index in [2.05, 4.69) is 52.7 Å². The number of amides is 1. The summed E-state index contributed by atoms with van der Waals surface area (Å²) in [6, 6.07) is 12.0. The third-order valence-corrected chi connectivity index (χ3v) is 10.6. The smallest absolute Gasteiger partial charge is 0.252 e. The summed E-state index contributed by atoms with van der Waals surface area (Å²) in [5.41, 5.74) is 2.93. The number of ether oxygens (including phenoxy) is 1. The second-order valence-electron chi connectivity index (χ2n) is 11.9. The Bertz CT molecular complexity index is 1290. The molecule has 1 aliphatic carbocycles. The lowest BCUT2D eigenvalue weighted by atomic mass is 9.75. The molecule has 222 valence electrons. The monoisotopic (exact) mass is 597 g/mol. The summed E-state index contributed by atoms with van der Waals surface area (Å²) in [6.07, 6.45) is 12.3. The van der Waals surface area contributed by atoms with Crippen molar-refractivity contribution in [3.63, 3.8) is 0 Å². The van der Waals surface area contributed by atoms with Crippen LogP contribution in [-0.4, -0.2) is 53.8 Å². The van der Waals surface area contributed by atoms with Crippen LogP contribution in [0.1, 0.15) is 75.8 Å². The summed E-state index contributed by atoms with van der Waals surface area (Å²) in [6.45, 7) is 7.41. The van der Waals surface area contributed by atoms with Gasteiger partial charge in [-0.05, 0) is 92.9 Å². The molecule has 1 saturated carbocycles. The van der Waals surface area contributed by atoms with E-state index >= 15 is 0 Å². The quantitative estimate of drug-likeness (QED) is 0.400. The molecule has 6 nitrogen and oxygen atoms in total. The lowest BCUT2D eigenvalue weighted by Gasteiger charge is -2.46. The lowest BCUT2D eigenvalue weighted by Crippen LogP contribution is -2.61. The highest BCUT2D eigenvalue weighted by molar-refractivity contribution is 7.83. The zero-order valence-corrected chi connectivity index (χ0v) is 26.2. The molecule has 8 heteroatoms. The molecule has 0 saturated heterocycles. The first kappa shape index (κ1) is 30.1. The van der Waals surface area contributed by atoms with Gasteiger partial charge in [-0.15, -0.1) is 0 Å². The number of nitrogens with one attached hydrogen (secondary N) is 1. The van der Waals surface area contributed by atoms with Crippen molar-refractivity contribution in [2.24, 2.45) is 5.92 Å². The first-order valence-corrected chi connectivity index (χ1v) is 16.8. The predicted octanol–water partition coefficient (Wildman–Crippen LogP) is 6.64. The van der Waals surface area contributed by atoms with E-state index in [0.717, 1.165) is 80.9 Å². The summed E-state index contributed by atoms with van der Waals surface area (Å²) in [7, 11) is 0.345. The fraction of sp³-hybridized carbons (Fsp3) is 0.545. The number of benzene rings is 2. The number of halogens is 1. The fourth-order valence-electron chi connectivity index (χ4n) is 6.50. The average molecular weight is 598 g/mol. The van der Waals surface area contributed by atoms with E-state index in [0.29, 0.717) is 24.0 Å². The normalized spacial score (nSPS) is 26.0. The van der Waals surface area contributed by atoms with Crippen LogP contribution in [0, 0.1) is 5.92 Å². The van der Waals surface area contributed by atoms with Gasteiger partial charge in [0.25, 0.3) is 5.91 Å². The maximum Gasteiger partial charge on any atom is 0.252 e. The van der Waals surface area contributed by atoms with E-state index in [9.17, 15) is 9.00 Å². The van der Waals surface area contributed by atoms with Crippen LogP contribution < -0.4 is 14.4 Å². The number of hydrogen-bond acceptors (Lipinski definition) is 5. The van der Waals surface area contributed by atoms with Gasteiger partial charge in [-0.25, -0.2) is 4.21 Å². The van der Waals surface area contributed by atoms with Gasteiger partial charge in [0.15, 0.2) is 11.0 Å². The minimum absolute atomic E-state index is 0.147. The molecule has 0 radical (unpaired) electrons. The molecule has 1 fully saturated rings. The topological polar surface area (TPSA) is 61.9 Å². The van der Waals surface area contributed by atoms with Crippen molar-refractivity contribution >= 4 is 34.2 Å². The Labute approximate surface area is 253 Å². The largest absolute Gasteiger partial charge is 0.491 e. The van der Waals surface area contributed by atoms with Gasteiger partial charge in [-0.1, -0.05) is 56.5 Å². The van der Waals surface area contributed by atoms with E-state index in [1.165, 1.54) is 11.1 Å². The molecule has 2 aromatic carbocycles. The highest BCUT2D eigenvalue weighted by Gasteiger charge is 2.47. The van der Waals surface area contributed by atoms with Crippen molar-refractivity contribution in [1.29, 1.82) is 0 Å². The molecule has 2 aliphatic heterocycles. The number of carbonyl (C=O) groups is 1. The zero-order chi connectivity index (χ0) is 29.0. The number of allylic oxidation sites excluding steroid dienone is 1. The number of hydrogen-bond donors (Lipinski definition) is 1. The van der Waals surface area contributed by atoms with Gasteiger partial charge in [0, 0.05) is 30.6 Å². The highest BCUT2D eigenvalue weighted by atomic mass is 35.5. The third kappa shape index (κ3) is 6.52. The second-order valence-corrected chi connectivity index (χ2v) is 13.6. The minimum atomic E-state index is -1.66. The number of rotatable bonds is 4. The summed E-state index contributed by atoms with van der Waals surface area (Å²) < 4.78 is 22.8. The van der Waals surface area contributed by atoms with Crippen LogP contribution in [0.3, 0.4) is 0 Å². The minimum Gasteiger partial charge on any atom is -0.491 e. The second kappa shape index (κ2) is 13.3. The van der Waals surface area contributed by atoms with Crippen molar-refractivity contribution < 1.29 is 13.7 Å². The molecule has 1 N–H and O–H groups in total. The molecule has 5 rings (SSSR count). The first-order chi connectivity index (χ1) is 19.8. The Morgan fingerprint density at radius 1 is 1.15 bits per heavy atom. The molecular formula is C33H44ClN3O3S.